The van der Waals surface area contributed by atoms with Crippen LogP contribution in [0, 0.1) is 12.8 Å². The zero-order chi connectivity index (χ0) is 24.2. The summed E-state index contributed by atoms with van der Waals surface area (Å²) in [7, 11) is 1.61. The topological polar surface area (TPSA) is 64.4 Å². The summed E-state index contributed by atoms with van der Waals surface area (Å²) in [4.78, 5) is 34.4. The van der Waals surface area contributed by atoms with Crippen molar-refractivity contribution in [3.63, 3.8) is 0 Å². The van der Waals surface area contributed by atoms with Crippen LogP contribution in [0.2, 0.25) is 0 Å². The summed E-state index contributed by atoms with van der Waals surface area (Å²) in [5.41, 5.74) is 2.15. The molecule has 6 nitrogen and oxygen atoms in total. The number of benzene rings is 2. The highest BCUT2D eigenvalue weighted by atomic mass is 16.5. The molecule has 0 N–H and O–H groups in total. The van der Waals surface area contributed by atoms with Crippen LogP contribution in [0.15, 0.2) is 47.3 Å². The van der Waals surface area contributed by atoms with E-state index in [0.29, 0.717) is 34.7 Å². The minimum atomic E-state index is -0.359. The molecule has 1 aliphatic carbocycles. The first-order valence-electron chi connectivity index (χ1n) is 12.4. The maximum atomic E-state index is 13.9. The molecule has 0 saturated heterocycles. The number of amides is 1. The Morgan fingerprint density at radius 3 is 2.65 bits per heavy atom. The van der Waals surface area contributed by atoms with Crippen molar-refractivity contribution in [2.75, 3.05) is 13.7 Å². The van der Waals surface area contributed by atoms with Crippen LogP contribution in [-0.4, -0.2) is 34.0 Å². The summed E-state index contributed by atoms with van der Waals surface area (Å²) < 4.78 is 7.30. The van der Waals surface area contributed by atoms with Crippen LogP contribution in [0.25, 0.3) is 16.6 Å². The fourth-order valence-electron chi connectivity index (χ4n) is 5.01. The number of carbonyl (C=O) groups excluding carboxylic acids is 1. The quantitative estimate of drug-likeness (QED) is 0.439. The Kier molecular flexibility index (Phi) is 7.35. The Labute approximate surface area is 201 Å². The van der Waals surface area contributed by atoms with Crippen LogP contribution in [0.1, 0.15) is 69.8 Å². The highest BCUT2D eigenvalue weighted by Crippen LogP contribution is 2.32. The number of hydrogen-bond acceptors (Lipinski definition) is 4. The molecule has 1 fully saturated rings. The van der Waals surface area contributed by atoms with Crippen LogP contribution in [-0.2, 0) is 4.79 Å². The summed E-state index contributed by atoms with van der Waals surface area (Å²) in [5.74, 6) is 1.41. The molecule has 1 atom stereocenters. The zero-order valence-corrected chi connectivity index (χ0v) is 20.7. The molecule has 0 spiro atoms. The number of fused-ring (bicyclic) bond motifs is 1. The van der Waals surface area contributed by atoms with Crippen molar-refractivity contribution in [3.05, 3.63) is 64.2 Å². The molecule has 180 valence electrons. The van der Waals surface area contributed by atoms with E-state index in [1.54, 1.807) is 17.7 Å². The lowest BCUT2D eigenvalue weighted by Gasteiger charge is -2.32. The van der Waals surface area contributed by atoms with Gasteiger partial charge < -0.3 is 9.64 Å². The lowest BCUT2D eigenvalue weighted by Crippen LogP contribution is -2.40. The molecule has 0 aliphatic heterocycles. The maximum Gasteiger partial charge on any atom is 0.266 e. The number of methoxy groups -OCH3 is 1. The SMILES string of the molecule is CCCCN(C(=O)C1CCCC1)C(C)c1nc2ccccc2c(=O)n1-c1cc(C)ccc1OC. The van der Waals surface area contributed by atoms with Crippen molar-refractivity contribution in [1.29, 1.82) is 0 Å². The normalized spacial score (nSPS) is 14.9. The summed E-state index contributed by atoms with van der Waals surface area (Å²) in [6.07, 6.45) is 5.99. The van der Waals surface area contributed by atoms with Gasteiger partial charge in [0.25, 0.3) is 5.56 Å². The number of nitrogens with zero attached hydrogens (tertiary/aromatic N) is 3. The summed E-state index contributed by atoms with van der Waals surface area (Å²) in [5, 5.41) is 0.546. The van der Waals surface area contributed by atoms with E-state index in [0.717, 1.165) is 44.1 Å². The Balaban J connectivity index is 1.92. The van der Waals surface area contributed by atoms with Gasteiger partial charge >= 0.3 is 0 Å². The molecule has 3 aromatic rings. The van der Waals surface area contributed by atoms with Gasteiger partial charge in [-0.05, 0) is 62.9 Å². The van der Waals surface area contributed by atoms with E-state index < -0.39 is 0 Å². The lowest BCUT2D eigenvalue weighted by molar-refractivity contribution is -0.137. The van der Waals surface area contributed by atoms with Gasteiger partial charge in [-0.15, -0.1) is 0 Å². The van der Waals surface area contributed by atoms with E-state index >= 15 is 0 Å². The van der Waals surface area contributed by atoms with Gasteiger partial charge in [-0.25, -0.2) is 4.98 Å². The largest absolute Gasteiger partial charge is 0.495 e. The predicted octanol–water partition coefficient (Wildman–Crippen LogP) is 5.58. The van der Waals surface area contributed by atoms with Crippen LogP contribution >= 0.6 is 0 Å². The van der Waals surface area contributed by atoms with E-state index in [2.05, 4.69) is 6.92 Å². The van der Waals surface area contributed by atoms with Crippen LogP contribution in [0.4, 0.5) is 0 Å². The van der Waals surface area contributed by atoms with Crippen molar-refractivity contribution in [3.8, 4) is 11.4 Å². The molecule has 1 saturated carbocycles. The van der Waals surface area contributed by atoms with E-state index in [1.807, 2.05) is 55.1 Å². The highest BCUT2D eigenvalue weighted by molar-refractivity contribution is 5.80. The molecule has 1 aromatic heterocycles. The standard InChI is InChI=1S/C28H35N3O3/c1-5-6-17-30(27(32)21-11-7-8-12-21)20(3)26-29-23-14-10-9-13-22(23)28(33)31(26)24-18-19(2)15-16-25(24)34-4/h9-10,13-16,18,20-21H,5-8,11-12,17H2,1-4H3. The number of carbonyl (C=O) groups is 1. The fraction of sp³-hybridized carbons (Fsp3) is 0.464. The fourth-order valence-corrected chi connectivity index (χ4v) is 5.01. The van der Waals surface area contributed by atoms with Crippen molar-refractivity contribution in [2.45, 2.75) is 65.3 Å². The average Bonchev–Trinajstić information content (AvgIpc) is 3.39. The van der Waals surface area contributed by atoms with Crippen molar-refractivity contribution >= 4 is 16.8 Å². The van der Waals surface area contributed by atoms with Crippen LogP contribution < -0.4 is 10.3 Å². The minimum Gasteiger partial charge on any atom is -0.495 e. The van der Waals surface area contributed by atoms with Gasteiger partial charge in [-0.2, -0.15) is 0 Å². The molecule has 1 unspecified atom stereocenters. The molecule has 2 aromatic carbocycles. The number of para-hydroxylation sites is 1. The third-order valence-electron chi connectivity index (χ3n) is 6.96. The molecule has 6 heteroatoms. The number of aryl methyl sites for hydroxylation is 1. The maximum absolute atomic E-state index is 13.9. The minimum absolute atomic E-state index is 0.0634. The monoisotopic (exact) mass is 461 g/mol. The predicted molar refractivity (Wildman–Crippen MR) is 136 cm³/mol. The Bertz CT molecular complexity index is 1230. The molecule has 1 heterocycles. The number of aromatic nitrogens is 2. The van der Waals surface area contributed by atoms with Crippen LogP contribution in [0.5, 0.6) is 5.75 Å². The first-order chi connectivity index (χ1) is 16.5. The summed E-state index contributed by atoms with van der Waals surface area (Å²) >= 11 is 0. The van der Waals surface area contributed by atoms with Gasteiger partial charge in [0.15, 0.2) is 0 Å². The van der Waals surface area contributed by atoms with Crippen LogP contribution in [0.3, 0.4) is 0 Å². The Morgan fingerprint density at radius 2 is 1.94 bits per heavy atom. The molecule has 34 heavy (non-hydrogen) atoms. The highest BCUT2D eigenvalue weighted by Gasteiger charge is 2.32. The molecule has 0 radical (unpaired) electrons. The number of hydrogen-bond donors (Lipinski definition) is 0. The lowest BCUT2D eigenvalue weighted by atomic mass is 10.0. The molecule has 0 bridgehead atoms. The summed E-state index contributed by atoms with van der Waals surface area (Å²) in [6.45, 7) is 6.77. The third kappa shape index (κ3) is 4.59. The molecule has 1 aliphatic rings. The van der Waals surface area contributed by atoms with Gasteiger partial charge in [-0.1, -0.05) is 44.4 Å². The average molecular weight is 462 g/mol. The second-order valence-corrected chi connectivity index (χ2v) is 9.35. The summed E-state index contributed by atoms with van der Waals surface area (Å²) in [6, 6.07) is 12.8. The second-order valence-electron chi connectivity index (χ2n) is 9.35. The van der Waals surface area contributed by atoms with Crippen molar-refractivity contribution < 1.29 is 9.53 Å². The van der Waals surface area contributed by atoms with Gasteiger partial charge in [0.1, 0.15) is 11.6 Å². The molecule has 1 amide bonds. The van der Waals surface area contributed by atoms with E-state index in [4.69, 9.17) is 9.72 Å². The Hall–Kier alpha value is -3.15. The second kappa shape index (κ2) is 10.4. The molecular weight excluding hydrogens is 426 g/mol. The van der Waals surface area contributed by atoms with Gasteiger partial charge in [-0.3, -0.25) is 14.2 Å². The van der Waals surface area contributed by atoms with E-state index in [9.17, 15) is 9.59 Å². The number of unbranched alkanes of at least 4 members (excludes halogenated alkanes) is 1. The van der Waals surface area contributed by atoms with E-state index in [1.165, 1.54) is 0 Å². The molecule has 4 rings (SSSR count). The van der Waals surface area contributed by atoms with Crippen molar-refractivity contribution in [1.82, 2.24) is 14.5 Å². The zero-order valence-electron chi connectivity index (χ0n) is 20.7. The van der Waals surface area contributed by atoms with Crippen molar-refractivity contribution in [2.24, 2.45) is 5.92 Å². The first kappa shape index (κ1) is 24.0. The third-order valence-corrected chi connectivity index (χ3v) is 6.96. The van der Waals surface area contributed by atoms with Gasteiger partial charge in [0.2, 0.25) is 5.91 Å². The smallest absolute Gasteiger partial charge is 0.266 e. The Morgan fingerprint density at radius 1 is 1.21 bits per heavy atom. The van der Waals surface area contributed by atoms with Gasteiger partial charge in [0, 0.05) is 12.5 Å². The first-order valence-corrected chi connectivity index (χ1v) is 12.4. The molecular formula is C28H35N3O3. The number of ether oxygens (including phenoxy) is 1. The van der Waals surface area contributed by atoms with Gasteiger partial charge in [0.05, 0.1) is 29.7 Å². The van der Waals surface area contributed by atoms with E-state index in [-0.39, 0.29) is 23.4 Å². The number of rotatable bonds is 8.